The minimum Gasteiger partial charge on any atom is -0.262 e. The zero-order chi connectivity index (χ0) is 51.1. The second-order valence-corrected chi connectivity index (χ2v) is 13.0. The lowest BCUT2D eigenvalue weighted by molar-refractivity contribution is 0.839. The van der Waals surface area contributed by atoms with Gasteiger partial charge in [-0.3, -0.25) is 15.0 Å². The van der Waals surface area contributed by atoms with Gasteiger partial charge in [0, 0.05) is 67.2 Å². The van der Waals surface area contributed by atoms with Crippen LogP contribution in [0, 0.1) is 69.2 Å². The van der Waals surface area contributed by atoms with Crippen molar-refractivity contribution in [2.45, 2.75) is 69.2 Å². The monoisotopic (exact) mass is 945 g/mol. The highest BCUT2D eigenvalue weighted by Gasteiger charge is 1.81. The van der Waals surface area contributed by atoms with Crippen molar-refractivity contribution < 1.29 is 0 Å². The molecule has 0 atom stereocenters. The molecule has 360 valence electrons. The number of aryl methyl sites for hydroxylation is 10. The van der Waals surface area contributed by atoms with E-state index < -0.39 is 0 Å². The van der Waals surface area contributed by atoms with E-state index in [9.17, 15) is 0 Å². The van der Waals surface area contributed by atoms with Gasteiger partial charge >= 0.3 is 0 Å². The van der Waals surface area contributed by atoms with Crippen LogP contribution in [0.4, 0.5) is 0 Å². The average Bonchev–Trinajstić information content (AvgIpc) is 3.38. The third-order valence-electron chi connectivity index (χ3n) is 6.71. The predicted molar refractivity (Wildman–Crippen MR) is 259 cm³/mol. The lowest BCUT2D eigenvalue weighted by Crippen LogP contribution is -1.85. The Labute approximate surface area is 407 Å². The first kappa shape index (κ1) is 58.5. The molecule has 10 heterocycles. The Kier molecular flexibility index (Phi) is 34.3. The topological polar surface area (TPSA) is 309 Å². The van der Waals surface area contributed by atoms with Gasteiger partial charge < -0.3 is 0 Å². The molecule has 0 aliphatic rings. The van der Waals surface area contributed by atoms with Crippen LogP contribution in [-0.4, -0.2) is 121 Å². The first-order valence-corrected chi connectivity index (χ1v) is 20.7. The summed E-state index contributed by atoms with van der Waals surface area (Å²) in [5.74, 6) is 2.29. The molecule has 0 saturated carbocycles. The van der Waals surface area contributed by atoms with Gasteiger partial charge in [-0.05, 0) is 117 Å². The molecule has 24 heteroatoms. The Balaban J connectivity index is 0.000000389. The van der Waals surface area contributed by atoms with Gasteiger partial charge in [0.05, 0.1) is 53.3 Å². The zero-order valence-corrected chi connectivity index (χ0v) is 40.7. The molecule has 0 saturated heterocycles. The van der Waals surface area contributed by atoms with Crippen molar-refractivity contribution in [3.05, 3.63) is 218 Å². The Hall–Kier alpha value is -9.48. The summed E-state index contributed by atoms with van der Waals surface area (Å²) in [5, 5.41) is 39.3. The molecule has 10 rings (SSSR count). The minimum atomic E-state index is 0.711. The Morgan fingerprint density at radius 3 is 1.11 bits per heavy atom. The van der Waals surface area contributed by atoms with Crippen LogP contribution in [0.15, 0.2) is 161 Å². The maximum Gasteiger partial charge on any atom is 0.147 e. The maximum absolute atomic E-state index is 3.98. The van der Waals surface area contributed by atoms with E-state index in [1.807, 2.05) is 98.7 Å². The molecule has 0 fully saturated rings. The summed E-state index contributed by atoms with van der Waals surface area (Å²) in [6, 6.07) is 15.1. The Morgan fingerprint density at radius 2 is 0.829 bits per heavy atom. The van der Waals surface area contributed by atoms with Crippen LogP contribution in [0.2, 0.25) is 0 Å². The average molecular weight is 945 g/mol. The van der Waals surface area contributed by atoms with Crippen molar-refractivity contribution in [2.75, 3.05) is 0 Å². The van der Waals surface area contributed by atoms with Crippen molar-refractivity contribution in [1.29, 1.82) is 0 Å². The van der Waals surface area contributed by atoms with Gasteiger partial charge in [0.25, 0.3) is 0 Å². The molecular weight excluding hydrogens is 889 g/mol. The number of rotatable bonds is 0. The predicted octanol–water partition coefficient (Wildman–Crippen LogP) is 5.43. The first-order chi connectivity index (χ1) is 33.9. The van der Waals surface area contributed by atoms with E-state index in [1.54, 1.807) is 99.6 Å². The maximum atomic E-state index is 3.98. The van der Waals surface area contributed by atoms with E-state index in [0.29, 0.717) is 5.82 Å². The summed E-state index contributed by atoms with van der Waals surface area (Å²) in [6.45, 7) is 18.8. The second kappa shape index (κ2) is 41.0. The summed E-state index contributed by atoms with van der Waals surface area (Å²) in [6.07, 6.45) is 29.0. The largest absolute Gasteiger partial charge is 0.262 e. The van der Waals surface area contributed by atoms with Crippen molar-refractivity contribution in [3.63, 3.8) is 0 Å². The fourth-order valence-corrected chi connectivity index (χ4v) is 3.45. The quantitative estimate of drug-likeness (QED) is 0.183. The zero-order valence-electron chi connectivity index (χ0n) is 40.7. The smallest absolute Gasteiger partial charge is 0.147 e. The Bertz CT molecular complexity index is 1990. The van der Waals surface area contributed by atoms with E-state index in [-0.39, 0.29) is 0 Å². The van der Waals surface area contributed by atoms with Crippen LogP contribution in [0.3, 0.4) is 0 Å². The van der Waals surface area contributed by atoms with Gasteiger partial charge in [0.2, 0.25) is 0 Å². The summed E-state index contributed by atoms with van der Waals surface area (Å²) in [7, 11) is 0. The minimum absolute atomic E-state index is 0.711. The summed E-state index contributed by atoms with van der Waals surface area (Å²) >= 11 is 0. The van der Waals surface area contributed by atoms with Gasteiger partial charge in [0.15, 0.2) is 0 Å². The van der Waals surface area contributed by atoms with Crippen LogP contribution in [-0.2, 0) is 0 Å². The summed E-state index contributed by atoms with van der Waals surface area (Å²) < 4.78 is 0. The Morgan fingerprint density at radius 1 is 0.243 bits per heavy atom. The van der Waals surface area contributed by atoms with Crippen molar-refractivity contribution >= 4 is 0 Å². The highest BCUT2D eigenvalue weighted by molar-refractivity contribution is 5.00. The molecule has 0 aliphatic carbocycles. The van der Waals surface area contributed by atoms with Gasteiger partial charge in [-0.15, -0.1) is 25.5 Å². The van der Waals surface area contributed by atoms with Crippen LogP contribution in [0.25, 0.3) is 0 Å². The summed E-state index contributed by atoms with van der Waals surface area (Å²) in [4.78, 5) is 49.5. The van der Waals surface area contributed by atoms with Crippen LogP contribution in [0.1, 0.15) is 57.3 Å². The number of pyridine rings is 1. The molecule has 0 amide bonds. The number of aromatic nitrogens is 24. The van der Waals surface area contributed by atoms with E-state index in [0.717, 1.165) is 51.5 Å². The first-order valence-electron chi connectivity index (χ1n) is 20.7. The lowest BCUT2D eigenvalue weighted by Gasteiger charge is -1.82. The van der Waals surface area contributed by atoms with E-state index >= 15 is 0 Å². The van der Waals surface area contributed by atoms with Crippen LogP contribution < -0.4 is 0 Å². The summed E-state index contributed by atoms with van der Waals surface area (Å²) in [5.41, 5.74) is 6.65. The SMILES string of the molecule is Cc1ccccn1.Cc1cccnn1.Cc1ccncn1.Cc1ccnnn1.Cc1cnccn1.Cc1cncnn1.Cc1cnncn1.Cc1ncccn1.Cc1nccnn1.Cc1ncncn1. The van der Waals surface area contributed by atoms with Crippen molar-refractivity contribution in [2.24, 2.45) is 0 Å². The molecule has 0 N–H and O–H groups in total. The van der Waals surface area contributed by atoms with Gasteiger partial charge in [-0.2, -0.15) is 25.5 Å². The van der Waals surface area contributed by atoms with Gasteiger partial charge in [0.1, 0.15) is 49.1 Å². The number of nitrogens with zero attached hydrogens (tertiary/aromatic N) is 24. The fourth-order valence-electron chi connectivity index (χ4n) is 3.45. The molecule has 0 radical (unpaired) electrons. The molecule has 0 unspecified atom stereocenters. The third-order valence-corrected chi connectivity index (χ3v) is 6.71. The van der Waals surface area contributed by atoms with Crippen LogP contribution >= 0.6 is 0 Å². The van der Waals surface area contributed by atoms with Gasteiger partial charge in [-0.25, -0.2) is 49.8 Å². The third kappa shape index (κ3) is 38.9. The molecule has 0 bridgehead atoms. The number of hydrogen-bond donors (Lipinski definition) is 0. The van der Waals surface area contributed by atoms with E-state index in [1.165, 1.54) is 31.6 Å². The second-order valence-electron chi connectivity index (χ2n) is 13.0. The van der Waals surface area contributed by atoms with Crippen LogP contribution in [0.5, 0.6) is 0 Å². The fraction of sp³-hybridized carbons (Fsp3) is 0.217. The molecule has 70 heavy (non-hydrogen) atoms. The van der Waals surface area contributed by atoms with E-state index in [4.69, 9.17) is 0 Å². The normalized spacial score (nSPS) is 8.71. The molecule has 10 aromatic heterocycles. The standard InChI is InChI=1S/C6H7N.4C5H6N2.5C4H5N3/c1-6-4-2-3-5-7-6;1-5-4-6-2-3-7-5;1-5-2-3-6-4-7-5;1-5-6-3-2-4-7-5;1-5-3-2-4-6-7-5;1-4-6-2-5-3-7-4;1-4-2-6-7-3-5-4;1-4-2-5-3-6-7-4;1-4-5-2-3-6-7-4;1-4-2-3-5-7-6-4/h2-5H,1H3;4*2-4H,1H3;5*2-3H,1H3. The highest BCUT2D eigenvalue weighted by atomic mass is 15.3. The number of hydrogen-bond acceptors (Lipinski definition) is 24. The molecule has 0 aromatic carbocycles. The van der Waals surface area contributed by atoms with E-state index in [2.05, 4.69) is 121 Å². The molecule has 24 nitrogen and oxygen atoms in total. The highest BCUT2D eigenvalue weighted by Crippen LogP contribution is 1.87. The molecular formula is C46H56N24. The lowest BCUT2D eigenvalue weighted by atomic mass is 10.4. The van der Waals surface area contributed by atoms with Crippen molar-refractivity contribution in [1.82, 2.24) is 121 Å². The van der Waals surface area contributed by atoms with Crippen molar-refractivity contribution in [3.8, 4) is 0 Å². The van der Waals surface area contributed by atoms with Gasteiger partial charge in [-0.1, -0.05) is 6.07 Å². The molecule has 10 aromatic rings. The molecule has 0 spiro atoms. The molecule has 0 aliphatic heterocycles.